The summed E-state index contributed by atoms with van der Waals surface area (Å²) in [5, 5.41) is 3.31. The number of rotatable bonds is 1. The summed E-state index contributed by atoms with van der Waals surface area (Å²) in [5.74, 6) is -0.378. The lowest BCUT2D eigenvalue weighted by molar-refractivity contribution is -0.133. The average molecular weight is 372 g/mol. The lowest BCUT2D eigenvalue weighted by atomic mass is 10.1. The van der Waals surface area contributed by atoms with E-state index in [1.54, 1.807) is 29.2 Å². The van der Waals surface area contributed by atoms with Gasteiger partial charge in [0, 0.05) is 30.7 Å². The Kier molecular flexibility index (Phi) is 4.44. The molecule has 2 heterocycles. The van der Waals surface area contributed by atoms with Gasteiger partial charge in [-0.3, -0.25) is 4.79 Å². The van der Waals surface area contributed by atoms with Crippen LogP contribution < -0.4 is 5.32 Å². The molecule has 2 saturated heterocycles. The summed E-state index contributed by atoms with van der Waals surface area (Å²) in [5.41, 5.74) is 0.579. The molecule has 0 bridgehead atoms. The van der Waals surface area contributed by atoms with Crippen LogP contribution >= 0.6 is 11.6 Å². The van der Waals surface area contributed by atoms with Crippen LogP contribution in [0, 0.1) is 0 Å². The Morgan fingerprint density at radius 2 is 1.62 bits per heavy atom. The molecule has 2 aliphatic rings. The molecule has 0 radical (unpaired) electrons. The van der Waals surface area contributed by atoms with Crippen LogP contribution in [0.1, 0.15) is 6.92 Å². The molecule has 3 rings (SSSR count). The summed E-state index contributed by atoms with van der Waals surface area (Å²) < 4.78 is 24.0. The molecule has 24 heavy (non-hydrogen) atoms. The molecule has 7 nitrogen and oxygen atoms in total. The maximum absolute atomic E-state index is 12.6. The number of carbonyl (C=O) groups excluding carboxylic acids is 2. The van der Waals surface area contributed by atoms with Gasteiger partial charge in [0.2, 0.25) is 5.91 Å². The number of hydrogen-bond donors (Lipinski definition) is 1. The van der Waals surface area contributed by atoms with Crippen molar-refractivity contribution in [1.29, 1.82) is 0 Å². The maximum Gasteiger partial charge on any atom is 0.322 e. The van der Waals surface area contributed by atoms with E-state index in [1.807, 2.05) is 0 Å². The third kappa shape index (κ3) is 3.34. The average Bonchev–Trinajstić information content (AvgIpc) is 2.82. The van der Waals surface area contributed by atoms with Crippen molar-refractivity contribution < 1.29 is 18.0 Å². The first kappa shape index (κ1) is 17.0. The van der Waals surface area contributed by atoms with E-state index in [9.17, 15) is 18.0 Å². The third-order valence-electron chi connectivity index (χ3n) is 4.44. The first-order valence-electron chi connectivity index (χ1n) is 7.58. The highest BCUT2D eigenvalue weighted by molar-refractivity contribution is 7.91. The van der Waals surface area contributed by atoms with E-state index < -0.39 is 21.9 Å². The third-order valence-corrected chi connectivity index (χ3v) is 6.39. The predicted octanol–water partition coefficient (Wildman–Crippen LogP) is 1.20. The zero-order valence-electron chi connectivity index (χ0n) is 13.1. The normalized spacial score (nSPS) is 25.2. The Bertz CT molecular complexity index is 765. The Labute approximate surface area is 145 Å². The van der Waals surface area contributed by atoms with Crippen LogP contribution in [0.25, 0.3) is 0 Å². The predicted molar refractivity (Wildman–Crippen MR) is 90.8 cm³/mol. The Hall–Kier alpha value is -1.80. The highest BCUT2D eigenvalue weighted by atomic mass is 35.5. The van der Waals surface area contributed by atoms with Crippen molar-refractivity contribution in [2.75, 3.05) is 29.9 Å². The second kappa shape index (κ2) is 6.25. The quantitative estimate of drug-likeness (QED) is 0.803. The lowest BCUT2D eigenvalue weighted by Crippen LogP contribution is -2.62. The van der Waals surface area contributed by atoms with Gasteiger partial charge in [-0.1, -0.05) is 11.6 Å². The summed E-state index contributed by atoms with van der Waals surface area (Å²) in [6, 6.07) is 5.32. The molecule has 1 aromatic rings. The molecule has 0 aliphatic carbocycles. The molecule has 130 valence electrons. The van der Waals surface area contributed by atoms with Gasteiger partial charge in [-0.15, -0.1) is 0 Å². The molecule has 0 saturated carbocycles. The highest BCUT2D eigenvalue weighted by Crippen LogP contribution is 2.27. The number of anilines is 1. The van der Waals surface area contributed by atoms with E-state index in [0.717, 1.165) is 0 Å². The summed E-state index contributed by atoms with van der Waals surface area (Å²) >= 11 is 5.82. The minimum absolute atomic E-state index is 0.0953. The number of benzene rings is 1. The van der Waals surface area contributed by atoms with Crippen molar-refractivity contribution in [3.8, 4) is 0 Å². The van der Waals surface area contributed by atoms with Crippen LogP contribution in [0.3, 0.4) is 0 Å². The van der Waals surface area contributed by atoms with E-state index >= 15 is 0 Å². The first-order chi connectivity index (χ1) is 11.3. The van der Waals surface area contributed by atoms with Crippen molar-refractivity contribution in [2.45, 2.75) is 19.0 Å². The van der Waals surface area contributed by atoms with Crippen molar-refractivity contribution in [3.05, 3.63) is 29.3 Å². The van der Waals surface area contributed by atoms with Gasteiger partial charge in [-0.25, -0.2) is 13.2 Å². The minimum atomic E-state index is -3.27. The van der Waals surface area contributed by atoms with Gasteiger partial charge in [0.25, 0.3) is 0 Å². The van der Waals surface area contributed by atoms with E-state index in [4.69, 9.17) is 11.6 Å². The number of nitrogens with one attached hydrogen (secondary N) is 1. The fourth-order valence-electron chi connectivity index (χ4n) is 3.32. The van der Waals surface area contributed by atoms with Crippen LogP contribution in [-0.2, 0) is 14.6 Å². The molecular formula is C15H18ClN3O4S. The maximum atomic E-state index is 12.6. The largest absolute Gasteiger partial charge is 0.335 e. The van der Waals surface area contributed by atoms with Crippen LogP contribution in [0.15, 0.2) is 24.3 Å². The van der Waals surface area contributed by atoms with Crippen molar-refractivity contribution >= 4 is 39.1 Å². The monoisotopic (exact) mass is 371 g/mol. The number of carbonyl (C=O) groups is 2. The van der Waals surface area contributed by atoms with Crippen molar-refractivity contribution in [2.24, 2.45) is 0 Å². The molecule has 3 amide bonds. The van der Waals surface area contributed by atoms with Crippen molar-refractivity contribution in [3.63, 3.8) is 0 Å². The fourth-order valence-corrected chi connectivity index (χ4v) is 5.43. The Morgan fingerprint density at radius 3 is 2.21 bits per heavy atom. The Balaban J connectivity index is 1.79. The molecule has 1 N–H and O–H groups in total. The highest BCUT2D eigenvalue weighted by Gasteiger charge is 2.48. The number of urea groups is 1. The van der Waals surface area contributed by atoms with Gasteiger partial charge in [0.1, 0.15) is 0 Å². The molecule has 2 atom stereocenters. The van der Waals surface area contributed by atoms with Crippen molar-refractivity contribution in [1.82, 2.24) is 9.80 Å². The summed E-state index contributed by atoms with van der Waals surface area (Å²) in [4.78, 5) is 27.4. The minimum Gasteiger partial charge on any atom is -0.335 e. The number of halogens is 1. The van der Waals surface area contributed by atoms with E-state index in [0.29, 0.717) is 23.8 Å². The molecule has 0 aromatic heterocycles. The van der Waals surface area contributed by atoms with Gasteiger partial charge in [-0.05, 0) is 24.3 Å². The van der Waals surface area contributed by atoms with E-state index in [-0.39, 0.29) is 23.4 Å². The topological polar surface area (TPSA) is 86.8 Å². The second-order valence-corrected chi connectivity index (χ2v) is 8.64. The SMILES string of the molecule is CC(=O)N1CCN(C(=O)Nc2ccc(Cl)cc2)[C@H]2CS(=O)(=O)C[C@H]21. The molecule has 0 unspecified atom stereocenters. The van der Waals surface area contributed by atoms with E-state index in [1.165, 1.54) is 11.8 Å². The number of hydrogen-bond acceptors (Lipinski definition) is 4. The van der Waals surface area contributed by atoms with Gasteiger partial charge in [0.15, 0.2) is 9.84 Å². The first-order valence-corrected chi connectivity index (χ1v) is 9.77. The van der Waals surface area contributed by atoms with Crippen LogP contribution in [0.2, 0.25) is 5.02 Å². The van der Waals surface area contributed by atoms with Gasteiger partial charge < -0.3 is 15.1 Å². The fraction of sp³-hybridized carbons (Fsp3) is 0.467. The van der Waals surface area contributed by atoms with Gasteiger partial charge >= 0.3 is 6.03 Å². The molecule has 9 heteroatoms. The standard InChI is InChI=1S/C15H18ClN3O4S/c1-10(20)18-6-7-19(14-9-24(22,23)8-13(14)18)15(21)17-12-4-2-11(16)3-5-12/h2-5,13-14H,6-9H2,1H3,(H,17,21)/t13-,14+/m1/s1. The summed E-state index contributed by atoms with van der Waals surface area (Å²) in [6.07, 6.45) is 0. The zero-order chi connectivity index (χ0) is 17.5. The molecule has 1 aromatic carbocycles. The van der Waals surface area contributed by atoms with Crippen LogP contribution in [0.4, 0.5) is 10.5 Å². The van der Waals surface area contributed by atoms with Crippen LogP contribution in [-0.4, -0.2) is 66.8 Å². The summed E-state index contributed by atoms with van der Waals surface area (Å²) in [6.45, 7) is 2.06. The number of nitrogens with zero attached hydrogens (tertiary/aromatic N) is 2. The molecule has 2 aliphatic heterocycles. The second-order valence-electron chi connectivity index (χ2n) is 6.05. The smallest absolute Gasteiger partial charge is 0.322 e. The number of fused-ring (bicyclic) bond motifs is 1. The number of sulfone groups is 1. The molecule has 2 fully saturated rings. The van der Waals surface area contributed by atoms with Gasteiger partial charge in [-0.2, -0.15) is 0 Å². The number of amides is 3. The summed E-state index contributed by atoms with van der Waals surface area (Å²) in [7, 11) is -3.27. The molecular weight excluding hydrogens is 354 g/mol. The van der Waals surface area contributed by atoms with Crippen LogP contribution in [0.5, 0.6) is 0 Å². The van der Waals surface area contributed by atoms with Gasteiger partial charge in [0.05, 0.1) is 23.6 Å². The number of piperazine rings is 1. The Morgan fingerprint density at radius 1 is 1.08 bits per heavy atom. The molecule has 0 spiro atoms. The lowest BCUT2D eigenvalue weighted by Gasteiger charge is -2.43. The zero-order valence-corrected chi connectivity index (χ0v) is 14.7. The van der Waals surface area contributed by atoms with E-state index in [2.05, 4.69) is 5.32 Å².